The summed E-state index contributed by atoms with van der Waals surface area (Å²) in [5, 5.41) is 19.4. The van der Waals surface area contributed by atoms with Crippen LogP contribution < -0.4 is 0 Å². The van der Waals surface area contributed by atoms with Crippen LogP contribution in [-0.4, -0.2) is 44.6 Å². The second-order valence-corrected chi connectivity index (χ2v) is 4.00. The minimum absolute atomic E-state index is 0.128. The molecule has 2 aliphatic heterocycles. The van der Waals surface area contributed by atoms with E-state index in [0.29, 0.717) is 6.61 Å². The van der Waals surface area contributed by atoms with Crippen LogP contribution in [0.2, 0.25) is 0 Å². The Morgan fingerprint density at radius 1 is 1.47 bits per heavy atom. The van der Waals surface area contributed by atoms with Crippen LogP contribution in [0, 0.1) is 0 Å². The van der Waals surface area contributed by atoms with Crippen molar-refractivity contribution in [2.24, 2.45) is 0 Å². The van der Waals surface area contributed by atoms with E-state index in [1.54, 1.807) is 18.7 Å². The second-order valence-electron chi connectivity index (χ2n) is 4.00. The Labute approximate surface area is 86.1 Å². The number of ether oxygens (including phenoxy) is 2. The quantitative estimate of drug-likeness (QED) is 0.599. The summed E-state index contributed by atoms with van der Waals surface area (Å²) < 4.78 is 12.4. The maximum atomic E-state index is 9.70. The number of aliphatic hydroxyl groups is 2. The Morgan fingerprint density at radius 3 is 3.07 bits per heavy atom. The van der Waals surface area contributed by atoms with Gasteiger partial charge >= 0.3 is 0 Å². The van der Waals surface area contributed by atoms with Crippen LogP contribution in [0.1, 0.15) is 12.5 Å². The molecule has 2 N–H and O–H groups in total. The standard InChI is InChI=1S/C9H12N2O4/c12-9(13)3-6(11-2-1-10-5-11)7-4-14-8(9)15-7/h1-2,5-8,12-13H,3-4H2/t6-,7-,8-/m1/s1. The SMILES string of the molecule is OC1(O)C[C@@H](n2ccnc2)[C@H]2CO[C@@H]1O2. The number of hydrogen-bond acceptors (Lipinski definition) is 5. The lowest BCUT2D eigenvalue weighted by atomic mass is 9.99. The molecule has 2 saturated heterocycles. The van der Waals surface area contributed by atoms with Crippen molar-refractivity contribution in [1.82, 2.24) is 9.55 Å². The lowest BCUT2D eigenvalue weighted by molar-refractivity contribution is -0.315. The van der Waals surface area contributed by atoms with E-state index in [0.717, 1.165) is 0 Å². The zero-order valence-corrected chi connectivity index (χ0v) is 7.98. The van der Waals surface area contributed by atoms with Crippen molar-refractivity contribution in [1.29, 1.82) is 0 Å². The molecule has 0 radical (unpaired) electrons. The first-order valence-corrected chi connectivity index (χ1v) is 4.86. The first kappa shape index (κ1) is 9.29. The van der Waals surface area contributed by atoms with Gasteiger partial charge in [-0.15, -0.1) is 0 Å². The molecule has 6 nitrogen and oxygen atoms in total. The van der Waals surface area contributed by atoms with Gasteiger partial charge in [0.15, 0.2) is 0 Å². The van der Waals surface area contributed by atoms with E-state index in [9.17, 15) is 10.2 Å². The highest BCUT2D eigenvalue weighted by molar-refractivity contribution is 4.95. The molecule has 0 aromatic carbocycles. The molecule has 1 aromatic heterocycles. The van der Waals surface area contributed by atoms with Crippen LogP contribution in [0.5, 0.6) is 0 Å². The van der Waals surface area contributed by atoms with E-state index < -0.39 is 12.1 Å². The molecule has 3 rings (SSSR count). The van der Waals surface area contributed by atoms with Gasteiger partial charge in [-0.3, -0.25) is 0 Å². The molecule has 0 aliphatic carbocycles. The van der Waals surface area contributed by atoms with Crippen LogP contribution in [0.4, 0.5) is 0 Å². The Balaban J connectivity index is 1.91. The van der Waals surface area contributed by atoms with E-state index in [4.69, 9.17) is 9.47 Å². The van der Waals surface area contributed by atoms with Gasteiger partial charge in [-0.2, -0.15) is 0 Å². The lowest BCUT2D eigenvalue weighted by Crippen LogP contribution is -2.50. The molecule has 0 amide bonds. The van der Waals surface area contributed by atoms with Crippen molar-refractivity contribution in [3.8, 4) is 0 Å². The summed E-state index contributed by atoms with van der Waals surface area (Å²) in [7, 11) is 0. The summed E-state index contributed by atoms with van der Waals surface area (Å²) in [4.78, 5) is 3.93. The average Bonchev–Trinajstić information content (AvgIpc) is 2.84. The third-order valence-corrected chi connectivity index (χ3v) is 2.93. The normalized spacial score (nSPS) is 38.1. The molecular formula is C9H12N2O4. The molecule has 3 heterocycles. The van der Waals surface area contributed by atoms with Crippen LogP contribution in [0.15, 0.2) is 18.7 Å². The van der Waals surface area contributed by atoms with Crippen LogP contribution in [-0.2, 0) is 9.47 Å². The predicted molar refractivity (Wildman–Crippen MR) is 47.7 cm³/mol. The number of aromatic nitrogens is 2. The first-order chi connectivity index (χ1) is 7.17. The highest BCUT2D eigenvalue weighted by Gasteiger charge is 2.52. The fourth-order valence-corrected chi connectivity index (χ4v) is 2.16. The summed E-state index contributed by atoms with van der Waals surface area (Å²) in [5.41, 5.74) is 0. The largest absolute Gasteiger partial charge is 0.362 e. The summed E-state index contributed by atoms with van der Waals surface area (Å²) in [6.07, 6.45) is 4.22. The number of imidazole rings is 1. The van der Waals surface area contributed by atoms with Gasteiger partial charge < -0.3 is 24.3 Å². The Bertz CT molecular complexity index is 351. The molecule has 1 aromatic rings. The fourth-order valence-electron chi connectivity index (χ4n) is 2.16. The smallest absolute Gasteiger partial charge is 0.217 e. The van der Waals surface area contributed by atoms with Crippen molar-refractivity contribution in [2.75, 3.05) is 6.61 Å². The minimum atomic E-state index is -1.91. The van der Waals surface area contributed by atoms with Gasteiger partial charge in [0.05, 0.1) is 19.0 Å². The summed E-state index contributed by atoms with van der Waals surface area (Å²) >= 11 is 0. The number of hydrogen-bond donors (Lipinski definition) is 2. The molecule has 6 heteroatoms. The molecule has 2 fully saturated rings. The Hall–Kier alpha value is -0.950. The van der Waals surface area contributed by atoms with E-state index in [1.165, 1.54) is 0 Å². The summed E-state index contributed by atoms with van der Waals surface area (Å²) in [6.45, 7) is 0.385. The van der Waals surface area contributed by atoms with Crippen LogP contribution in [0.25, 0.3) is 0 Å². The summed E-state index contributed by atoms with van der Waals surface area (Å²) in [5.74, 6) is -1.91. The molecule has 0 spiro atoms. The molecule has 0 saturated carbocycles. The van der Waals surface area contributed by atoms with E-state index >= 15 is 0 Å². The Morgan fingerprint density at radius 2 is 2.33 bits per heavy atom. The van der Waals surface area contributed by atoms with E-state index in [-0.39, 0.29) is 18.6 Å². The van der Waals surface area contributed by atoms with E-state index in [2.05, 4.69) is 4.98 Å². The van der Waals surface area contributed by atoms with Gasteiger partial charge in [0, 0.05) is 18.8 Å². The molecule has 82 valence electrons. The molecule has 0 unspecified atom stereocenters. The maximum Gasteiger partial charge on any atom is 0.217 e. The second kappa shape index (κ2) is 3.02. The number of nitrogens with zero attached hydrogens (tertiary/aromatic N) is 2. The van der Waals surface area contributed by atoms with E-state index in [1.807, 2.05) is 4.57 Å². The molecule has 3 atom stereocenters. The predicted octanol–water partition coefficient (Wildman–Crippen LogP) is -0.750. The monoisotopic (exact) mass is 212 g/mol. The average molecular weight is 212 g/mol. The zero-order valence-electron chi connectivity index (χ0n) is 7.98. The van der Waals surface area contributed by atoms with Gasteiger partial charge in [-0.25, -0.2) is 4.98 Å². The molecule has 2 aliphatic rings. The van der Waals surface area contributed by atoms with Gasteiger partial charge in [-0.1, -0.05) is 0 Å². The third-order valence-electron chi connectivity index (χ3n) is 2.93. The number of fused-ring (bicyclic) bond motifs is 2. The highest BCUT2D eigenvalue weighted by Crippen LogP contribution is 2.39. The van der Waals surface area contributed by atoms with Crippen LogP contribution in [0.3, 0.4) is 0 Å². The maximum absolute atomic E-state index is 9.70. The van der Waals surface area contributed by atoms with Crippen molar-refractivity contribution in [2.45, 2.75) is 30.6 Å². The number of rotatable bonds is 1. The van der Waals surface area contributed by atoms with Crippen molar-refractivity contribution in [3.63, 3.8) is 0 Å². The van der Waals surface area contributed by atoms with Gasteiger partial charge in [0.25, 0.3) is 0 Å². The van der Waals surface area contributed by atoms with Crippen LogP contribution >= 0.6 is 0 Å². The topological polar surface area (TPSA) is 76.7 Å². The first-order valence-electron chi connectivity index (χ1n) is 4.86. The molecule has 2 bridgehead atoms. The fraction of sp³-hybridized carbons (Fsp3) is 0.667. The molecular weight excluding hydrogens is 200 g/mol. The zero-order chi connectivity index (χ0) is 10.5. The molecule has 15 heavy (non-hydrogen) atoms. The Kier molecular flexibility index (Phi) is 1.87. The minimum Gasteiger partial charge on any atom is -0.362 e. The lowest BCUT2D eigenvalue weighted by Gasteiger charge is -2.36. The highest BCUT2D eigenvalue weighted by atomic mass is 16.8. The van der Waals surface area contributed by atoms with Crippen molar-refractivity contribution >= 4 is 0 Å². The summed E-state index contributed by atoms with van der Waals surface area (Å²) in [6, 6.07) is -0.138. The van der Waals surface area contributed by atoms with Crippen molar-refractivity contribution in [3.05, 3.63) is 18.7 Å². The van der Waals surface area contributed by atoms with Crippen molar-refractivity contribution < 1.29 is 19.7 Å². The van der Waals surface area contributed by atoms with Gasteiger partial charge in [0.1, 0.15) is 6.10 Å². The van der Waals surface area contributed by atoms with Gasteiger partial charge in [-0.05, 0) is 0 Å². The van der Waals surface area contributed by atoms with Gasteiger partial charge in [0.2, 0.25) is 12.1 Å². The third kappa shape index (κ3) is 1.37.